The summed E-state index contributed by atoms with van der Waals surface area (Å²) in [5, 5.41) is 15.7. The van der Waals surface area contributed by atoms with Crippen molar-refractivity contribution in [2.75, 3.05) is 54.6 Å². The van der Waals surface area contributed by atoms with E-state index in [1.807, 2.05) is 248 Å². The minimum atomic E-state index is -2.11. The Morgan fingerprint density at radius 1 is 0.451 bits per heavy atom. The third-order valence-electron chi connectivity index (χ3n) is 24.0. The van der Waals surface area contributed by atoms with Gasteiger partial charge in [-0.2, -0.15) is 0 Å². The molecule has 20 rings (SSSR count). The lowest BCUT2D eigenvalue weighted by atomic mass is 9.88. The standard InChI is InChI=1S/C27H29Cl2FN4O2Si.C22H15ClFN3O2.C21H15Cl2FN4O2.C17H17FN2.C15H12FN.C5HCl3N2O/c1-27(2,3)37(4,5)36-14-13-34(26(35)23-24(28)31-17-32-25(23)29)22-15-18-11-12-33(21(18)16-20(22)30)19-9-7-6-8-10-19;23-21-19-20(28)15(7-9-29-22(19)26-12-25-21)16-10-13-6-8-27(18(13)11-17(16)24)14-4-2-1-3-5-14;22-19-18(20(23)26-12-25-19)21(30)28(8-9-29)17-10-13-6-7-27(16(13)11-15(17)24)14-4-2-1-3-5-14;1-2-9-19-16-11-13-8-10-20(17(13)12-15(16)18)14-6-4-3-5-7-14;1-11-9-12-7-8-17(15(12)10-14(11)16)13-5-3-2-4-6-13;6-3-2(5(8)11)4(7)10-1-9-3/h6-12,15-17H,13-14H2,1-5H3;1-6,8,10-12,15H,7,9H2;1-7,10-12,29H,8-9H2;3-8,10-12,19H,2,9H2,1H3;2-10H,1H3;1H. The molecule has 0 saturated carbocycles. The highest BCUT2D eigenvalue weighted by Crippen LogP contribution is 2.42. The summed E-state index contributed by atoms with van der Waals surface area (Å²) < 4.78 is 95.4. The number of hydrogen-bond acceptors (Lipinski definition) is 16. The highest BCUT2D eigenvalue weighted by Gasteiger charge is 2.39. The van der Waals surface area contributed by atoms with E-state index in [4.69, 9.17) is 102 Å². The van der Waals surface area contributed by atoms with Crippen molar-refractivity contribution in [1.82, 2.24) is 62.7 Å². The van der Waals surface area contributed by atoms with E-state index < -0.39 is 55.4 Å². The van der Waals surface area contributed by atoms with Crippen molar-refractivity contribution in [2.24, 2.45) is 0 Å². The average molecular weight is 2120 g/mol. The lowest BCUT2D eigenvalue weighted by Crippen LogP contribution is -2.44. The Morgan fingerprint density at radius 2 is 0.792 bits per heavy atom. The van der Waals surface area contributed by atoms with Crippen LogP contribution in [0.25, 0.3) is 83.0 Å². The first-order valence-electron chi connectivity index (χ1n) is 45.0. The Kier molecular flexibility index (Phi) is 33.9. The van der Waals surface area contributed by atoms with E-state index in [1.165, 1.54) is 35.8 Å². The molecule has 10 heterocycles. The molecule has 0 spiro atoms. The number of nitrogens with zero attached hydrogens (tertiary/aromatic N) is 15. The average Bonchev–Trinajstić information content (AvgIpc) is 1.57. The molecule has 0 radical (unpaired) electrons. The topological polar surface area (TPSA) is 253 Å². The van der Waals surface area contributed by atoms with Crippen LogP contribution in [0.15, 0.2) is 299 Å². The predicted molar refractivity (Wildman–Crippen MR) is 564 cm³/mol. The number of aliphatic hydroxyl groups is 1. The summed E-state index contributed by atoms with van der Waals surface area (Å²) in [4.78, 5) is 83.2. The van der Waals surface area contributed by atoms with E-state index in [2.05, 4.69) is 86.0 Å². The maximum absolute atomic E-state index is 15.7. The molecule has 37 heteroatoms. The number of carbonyl (C=O) groups is 4. The summed E-state index contributed by atoms with van der Waals surface area (Å²) in [6.45, 7) is 15.3. The van der Waals surface area contributed by atoms with Crippen molar-refractivity contribution in [2.45, 2.75) is 71.5 Å². The number of fused-ring (bicyclic) bond motifs is 6. The highest BCUT2D eigenvalue weighted by molar-refractivity contribution is 6.74. The zero-order chi connectivity index (χ0) is 102. The molecule has 734 valence electrons. The van der Waals surface area contributed by atoms with E-state index >= 15 is 13.2 Å². The molecule has 1 aliphatic rings. The number of ether oxygens (including phenoxy) is 1. The summed E-state index contributed by atoms with van der Waals surface area (Å²) in [7, 11) is -2.11. The maximum atomic E-state index is 15.7. The quantitative estimate of drug-likeness (QED) is 0.0311. The molecular weight excluding hydrogens is 2030 g/mol. The number of aryl methyl sites for hydroxylation is 1. The minimum Gasteiger partial charge on any atom is -0.477 e. The fourth-order valence-electron chi connectivity index (χ4n) is 15.8. The molecule has 0 fully saturated rings. The molecule has 0 saturated heterocycles. The van der Waals surface area contributed by atoms with Gasteiger partial charge in [0.05, 0.1) is 70.4 Å². The van der Waals surface area contributed by atoms with E-state index in [-0.39, 0.29) is 124 Å². The van der Waals surface area contributed by atoms with Crippen molar-refractivity contribution in [3.8, 4) is 34.3 Å². The van der Waals surface area contributed by atoms with Gasteiger partial charge >= 0.3 is 0 Å². The van der Waals surface area contributed by atoms with Gasteiger partial charge in [-0.05, 0) is 194 Å². The Morgan fingerprint density at radius 3 is 1.17 bits per heavy atom. The van der Waals surface area contributed by atoms with Gasteiger partial charge < -0.3 is 52.2 Å². The maximum Gasteiger partial charge on any atom is 0.264 e. The smallest absolute Gasteiger partial charge is 0.264 e. The first kappa shape index (κ1) is 105. The SMILES string of the molecule is CC(C)(C)[Si](C)(C)OCCN(C(=O)c1c(Cl)ncnc1Cl)c1cc2ccn(-c3ccccc3)c2cc1F.CCCNc1cc2ccn(-c3ccccc3)c2cc1F.Cc1cc2ccn(-c3ccccc3)c2cc1F.O=C(Cl)c1c(Cl)ncnc1Cl.O=C(c1c(Cl)ncnc1Cl)N(CCO)c1cc2ccn(-c3ccccc3)c2cc1F.O=C1c2c(Cl)ncnc2OCCC1c1cc2ccn(-c3ccccc3)c2cc1F. The van der Waals surface area contributed by atoms with E-state index in [0.717, 1.165) is 97.1 Å². The van der Waals surface area contributed by atoms with Crippen LogP contribution in [0.5, 0.6) is 5.88 Å². The van der Waals surface area contributed by atoms with Gasteiger partial charge in [0.1, 0.15) is 113 Å². The van der Waals surface area contributed by atoms with Crippen molar-refractivity contribution in [3.63, 3.8) is 0 Å². The molecule has 1 unspecified atom stereocenters. The number of ketones is 1. The normalized spacial score (nSPS) is 12.3. The fraction of sp³-hybridized carbons (Fsp3) is 0.159. The number of para-hydroxylation sites is 5. The minimum absolute atomic E-state index is 0.0108. The summed E-state index contributed by atoms with van der Waals surface area (Å²) in [6.07, 6.45) is 15.5. The summed E-state index contributed by atoms with van der Waals surface area (Å²) in [6, 6.07) is 74.5. The lowest BCUT2D eigenvalue weighted by molar-refractivity contribution is 0.0952. The van der Waals surface area contributed by atoms with Crippen LogP contribution in [-0.4, -0.2) is 138 Å². The highest BCUT2D eigenvalue weighted by atomic mass is 35.5. The van der Waals surface area contributed by atoms with Gasteiger partial charge in [-0.1, -0.05) is 200 Å². The van der Waals surface area contributed by atoms with Crippen molar-refractivity contribution >= 4 is 196 Å². The van der Waals surface area contributed by atoms with Crippen molar-refractivity contribution < 1.29 is 55.4 Å². The van der Waals surface area contributed by atoms with Gasteiger partial charge in [0.15, 0.2) is 14.1 Å². The van der Waals surface area contributed by atoms with Crippen molar-refractivity contribution in [1.29, 1.82) is 0 Å². The van der Waals surface area contributed by atoms with Crippen LogP contribution in [0.4, 0.5) is 39.0 Å². The molecule has 2 N–H and O–H groups in total. The zero-order valence-electron chi connectivity index (χ0n) is 78.0. The first-order valence-corrected chi connectivity index (χ1v) is 50.9. The van der Waals surface area contributed by atoms with Gasteiger partial charge in [0.2, 0.25) is 5.88 Å². The second kappa shape index (κ2) is 46.7. The molecular formula is C107H89Cl8F5N16O7Si. The van der Waals surface area contributed by atoms with Crippen LogP contribution in [0.3, 0.4) is 0 Å². The van der Waals surface area contributed by atoms with Crippen molar-refractivity contribution in [3.05, 3.63) is 397 Å². The molecule has 10 aromatic carbocycles. The summed E-state index contributed by atoms with van der Waals surface area (Å²) >= 11 is 46.7. The molecule has 23 nitrogen and oxygen atoms in total. The van der Waals surface area contributed by atoms with Gasteiger partial charge in [-0.15, -0.1) is 0 Å². The van der Waals surface area contributed by atoms with E-state index in [1.54, 1.807) is 37.3 Å². The number of aliphatic hydroxyl groups excluding tert-OH is 1. The van der Waals surface area contributed by atoms with Gasteiger partial charge in [0.25, 0.3) is 17.1 Å². The van der Waals surface area contributed by atoms with Crippen LogP contribution >= 0.6 is 92.8 Å². The van der Waals surface area contributed by atoms with Crippen LogP contribution in [0.2, 0.25) is 54.2 Å². The molecule has 0 bridgehead atoms. The number of benzene rings is 10. The molecule has 9 aromatic heterocycles. The van der Waals surface area contributed by atoms with E-state index in [0.29, 0.717) is 39.7 Å². The molecule has 19 aromatic rings. The first-order chi connectivity index (χ1) is 69.2. The third-order valence-corrected chi connectivity index (χ3v) is 30.8. The Bertz CT molecular complexity index is 7830. The molecule has 144 heavy (non-hydrogen) atoms. The number of carbonyl (C=O) groups excluding carboxylic acids is 4. The Hall–Kier alpha value is -13.8. The van der Waals surface area contributed by atoms with Gasteiger partial charge in [-0.25, -0.2) is 61.8 Å². The van der Waals surface area contributed by atoms with Gasteiger partial charge in [0, 0.05) is 124 Å². The van der Waals surface area contributed by atoms with Crippen LogP contribution < -0.4 is 19.9 Å². The zero-order valence-corrected chi connectivity index (χ0v) is 85.1. The largest absolute Gasteiger partial charge is 0.477 e. The Balaban J connectivity index is 0.000000134. The summed E-state index contributed by atoms with van der Waals surface area (Å²) in [5.41, 5.74) is 10.1. The number of hydrogen-bond donors (Lipinski definition) is 2. The predicted octanol–water partition coefficient (Wildman–Crippen LogP) is 27.8. The second-order valence-electron chi connectivity index (χ2n) is 34.2. The number of nitrogens with one attached hydrogen (secondary N) is 1. The number of anilines is 3. The number of halogens is 13. The molecule has 0 aliphatic carbocycles. The monoisotopic (exact) mass is 2110 g/mol. The van der Waals surface area contributed by atoms with E-state index in [9.17, 15) is 33.1 Å². The van der Waals surface area contributed by atoms with Crippen LogP contribution in [0, 0.1) is 36.0 Å². The van der Waals surface area contributed by atoms with Gasteiger partial charge in [-0.3, -0.25) is 19.2 Å². The molecule has 1 aliphatic heterocycles. The number of Topliss-reactive ketones (excluding diaryl/α,β-unsaturated/α-hetero) is 1. The lowest BCUT2D eigenvalue weighted by Gasteiger charge is -2.37. The third kappa shape index (κ3) is 23.6. The molecule has 2 amide bonds. The number of amides is 2. The number of rotatable bonds is 20. The summed E-state index contributed by atoms with van der Waals surface area (Å²) in [5.74, 6) is -4.21. The Labute approximate surface area is 865 Å². The number of aromatic nitrogens is 13. The van der Waals surface area contributed by atoms with Crippen LogP contribution in [-0.2, 0) is 4.43 Å². The molecule has 1 atom stereocenters. The fourth-order valence-corrected chi connectivity index (χ4v) is 18.7. The second-order valence-corrected chi connectivity index (χ2v) is 41.8. The van der Waals surface area contributed by atoms with Crippen LogP contribution in [0.1, 0.15) is 99.0 Å².